The first-order chi connectivity index (χ1) is 10.3. The molecule has 0 fully saturated rings. The summed E-state index contributed by atoms with van der Waals surface area (Å²) >= 11 is 0. The summed E-state index contributed by atoms with van der Waals surface area (Å²) in [6.45, 7) is 8.12. The Labute approximate surface area is 126 Å². The molecule has 0 aliphatic heterocycles. The molecule has 1 aromatic heterocycles. The molecule has 1 heterocycles. The van der Waals surface area contributed by atoms with E-state index in [0.29, 0.717) is 13.2 Å². The van der Waals surface area contributed by atoms with Gasteiger partial charge in [0.25, 0.3) is 0 Å². The molecule has 0 saturated heterocycles. The molecule has 2 rings (SSSR count). The van der Waals surface area contributed by atoms with E-state index in [1.807, 2.05) is 38.4 Å². The van der Waals surface area contributed by atoms with Gasteiger partial charge in [-0.3, -0.25) is 4.98 Å². The van der Waals surface area contributed by atoms with Crippen molar-refractivity contribution in [2.45, 2.75) is 33.1 Å². The zero-order chi connectivity index (χ0) is 15.1. The number of rotatable bonds is 8. The minimum atomic E-state index is -0.312. The van der Waals surface area contributed by atoms with Crippen molar-refractivity contribution in [1.29, 1.82) is 0 Å². The van der Waals surface area contributed by atoms with Crippen LogP contribution in [0.3, 0.4) is 0 Å². The highest BCUT2D eigenvalue weighted by atomic mass is 16.7. The predicted octanol–water partition coefficient (Wildman–Crippen LogP) is 3.28. The lowest BCUT2D eigenvalue weighted by Crippen LogP contribution is -2.36. The van der Waals surface area contributed by atoms with Gasteiger partial charge in [-0.2, -0.15) is 0 Å². The lowest BCUT2D eigenvalue weighted by atomic mass is 10.0. The molecule has 21 heavy (non-hydrogen) atoms. The number of ether oxygens (including phenoxy) is 2. The second-order valence-corrected chi connectivity index (χ2v) is 4.76. The highest BCUT2D eigenvalue weighted by Gasteiger charge is 2.25. The smallest absolute Gasteiger partial charge is 0.176 e. The Morgan fingerprint density at radius 3 is 2.43 bits per heavy atom. The molecule has 1 aromatic carbocycles. The summed E-state index contributed by atoms with van der Waals surface area (Å²) in [6, 6.07) is 8.23. The second-order valence-electron chi connectivity index (χ2n) is 4.76. The quantitative estimate of drug-likeness (QED) is 0.757. The Bertz CT molecular complexity index is 548. The summed E-state index contributed by atoms with van der Waals surface area (Å²) in [6.07, 6.45) is 3.48. The lowest BCUT2D eigenvalue weighted by molar-refractivity contribution is -0.154. The van der Waals surface area contributed by atoms with Gasteiger partial charge in [0.1, 0.15) is 0 Å². The van der Waals surface area contributed by atoms with Crippen LogP contribution < -0.4 is 5.32 Å². The molecule has 1 atom stereocenters. The topological polar surface area (TPSA) is 43.4 Å². The van der Waals surface area contributed by atoms with Gasteiger partial charge in [-0.15, -0.1) is 0 Å². The summed E-state index contributed by atoms with van der Waals surface area (Å²) < 4.78 is 11.6. The van der Waals surface area contributed by atoms with Crippen LogP contribution in [0, 0.1) is 0 Å². The average Bonchev–Trinajstić information content (AvgIpc) is 2.52. The van der Waals surface area contributed by atoms with Crippen molar-refractivity contribution in [3.63, 3.8) is 0 Å². The Balaban J connectivity index is 2.43. The van der Waals surface area contributed by atoms with Gasteiger partial charge in [0.05, 0.1) is 6.04 Å². The molecule has 4 nitrogen and oxygen atoms in total. The predicted molar refractivity (Wildman–Crippen MR) is 85.2 cm³/mol. The Morgan fingerprint density at radius 1 is 1.05 bits per heavy atom. The second kappa shape index (κ2) is 8.08. The first-order valence-electron chi connectivity index (χ1n) is 7.61. The zero-order valence-corrected chi connectivity index (χ0v) is 13.0. The van der Waals surface area contributed by atoms with E-state index in [9.17, 15) is 0 Å². The van der Waals surface area contributed by atoms with Crippen LogP contribution in [0.25, 0.3) is 10.8 Å². The van der Waals surface area contributed by atoms with Gasteiger partial charge in [0.2, 0.25) is 0 Å². The fraction of sp³-hybridized carbons (Fsp3) is 0.471. The van der Waals surface area contributed by atoms with Crippen LogP contribution in [-0.2, 0) is 9.47 Å². The van der Waals surface area contributed by atoms with Crippen molar-refractivity contribution < 1.29 is 9.47 Å². The molecule has 0 amide bonds. The van der Waals surface area contributed by atoms with Crippen LogP contribution >= 0.6 is 0 Å². The molecule has 0 aliphatic carbocycles. The van der Waals surface area contributed by atoms with Crippen LogP contribution in [0.1, 0.15) is 32.4 Å². The number of hydrogen-bond donors (Lipinski definition) is 1. The van der Waals surface area contributed by atoms with Crippen molar-refractivity contribution in [3.8, 4) is 0 Å². The SMILES string of the molecule is CCNC(c1cncc2ccccc12)C(OCC)OCC. The van der Waals surface area contributed by atoms with Crippen molar-refractivity contribution in [2.24, 2.45) is 0 Å². The molecule has 0 radical (unpaired) electrons. The third kappa shape index (κ3) is 3.79. The van der Waals surface area contributed by atoms with Crippen molar-refractivity contribution in [3.05, 3.63) is 42.2 Å². The molecule has 0 saturated carbocycles. The molecule has 0 spiro atoms. The van der Waals surface area contributed by atoms with Gasteiger partial charge < -0.3 is 14.8 Å². The fourth-order valence-corrected chi connectivity index (χ4v) is 2.53. The highest BCUT2D eigenvalue weighted by molar-refractivity contribution is 5.85. The molecule has 2 aromatic rings. The third-order valence-electron chi connectivity index (χ3n) is 3.39. The van der Waals surface area contributed by atoms with Gasteiger partial charge in [0.15, 0.2) is 6.29 Å². The number of hydrogen-bond acceptors (Lipinski definition) is 4. The van der Waals surface area contributed by atoms with Gasteiger partial charge in [-0.25, -0.2) is 0 Å². The van der Waals surface area contributed by atoms with Gasteiger partial charge in [0, 0.05) is 36.6 Å². The molecular formula is C17H24N2O2. The van der Waals surface area contributed by atoms with E-state index in [0.717, 1.165) is 17.5 Å². The third-order valence-corrected chi connectivity index (χ3v) is 3.39. The van der Waals surface area contributed by atoms with E-state index in [1.54, 1.807) is 0 Å². The molecule has 4 heteroatoms. The number of aromatic nitrogens is 1. The largest absolute Gasteiger partial charge is 0.351 e. The number of benzene rings is 1. The maximum absolute atomic E-state index is 5.79. The molecule has 0 aliphatic rings. The normalized spacial score (nSPS) is 13.0. The number of likely N-dealkylation sites (N-methyl/N-ethyl adjacent to an activating group) is 1. The van der Waals surface area contributed by atoms with E-state index < -0.39 is 0 Å². The van der Waals surface area contributed by atoms with E-state index >= 15 is 0 Å². The van der Waals surface area contributed by atoms with Gasteiger partial charge >= 0.3 is 0 Å². The van der Waals surface area contributed by atoms with Gasteiger partial charge in [-0.05, 0) is 25.8 Å². The number of pyridine rings is 1. The summed E-state index contributed by atoms with van der Waals surface area (Å²) in [5.74, 6) is 0. The Hall–Kier alpha value is -1.49. The van der Waals surface area contributed by atoms with E-state index in [1.165, 1.54) is 5.39 Å². The fourth-order valence-electron chi connectivity index (χ4n) is 2.53. The van der Waals surface area contributed by atoms with Crippen molar-refractivity contribution >= 4 is 10.8 Å². The molecule has 1 N–H and O–H groups in total. The van der Waals surface area contributed by atoms with E-state index in [4.69, 9.17) is 9.47 Å². The maximum Gasteiger partial charge on any atom is 0.176 e. The minimum absolute atomic E-state index is 0.0338. The maximum atomic E-state index is 5.79. The monoisotopic (exact) mass is 288 g/mol. The summed E-state index contributed by atoms with van der Waals surface area (Å²) in [5.41, 5.74) is 1.11. The number of nitrogens with one attached hydrogen (secondary N) is 1. The molecular weight excluding hydrogens is 264 g/mol. The minimum Gasteiger partial charge on any atom is -0.351 e. The number of nitrogens with zero attached hydrogens (tertiary/aromatic N) is 1. The zero-order valence-electron chi connectivity index (χ0n) is 13.0. The summed E-state index contributed by atoms with van der Waals surface area (Å²) in [4.78, 5) is 4.37. The molecule has 114 valence electrons. The highest BCUT2D eigenvalue weighted by Crippen LogP contribution is 2.27. The van der Waals surface area contributed by atoms with Crippen LogP contribution in [0.5, 0.6) is 0 Å². The van der Waals surface area contributed by atoms with Gasteiger partial charge in [-0.1, -0.05) is 31.2 Å². The average molecular weight is 288 g/mol. The first kappa shape index (κ1) is 15.9. The summed E-state index contributed by atoms with van der Waals surface area (Å²) in [7, 11) is 0. The number of fused-ring (bicyclic) bond motifs is 1. The van der Waals surface area contributed by atoms with Crippen LogP contribution in [-0.4, -0.2) is 31.0 Å². The Morgan fingerprint density at radius 2 is 1.76 bits per heavy atom. The molecule has 0 bridgehead atoms. The summed E-state index contributed by atoms with van der Waals surface area (Å²) in [5, 5.41) is 5.78. The van der Waals surface area contributed by atoms with Crippen LogP contribution in [0.15, 0.2) is 36.7 Å². The van der Waals surface area contributed by atoms with E-state index in [-0.39, 0.29) is 12.3 Å². The van der Waals surface area contributed by atoms with Crippen molar-refractivity contribution in [2.75, 3.05) is 19.8 Å². The lowest BCUT2D eigenvalue weighted by Gasteiger charge is -2.28. The molecule has 1 unspecified atom stereocenters. The van der Waals surface area contributed by atoms with Crippen LogP contribution in [0.2, 0.25) is 0 Å². The standard InChI is InChI=1S/C17H24N2O2/c1-4-19-16(17(20-5-2)21-6-3)15-12-18-11-13-9-7-8-10-14(13)15/h7-12,16-17,19H,4-6H2,1-3H3. The van der Waals surface area contributed by atoms with E-state index in [2.05, 4.69) is 29.4 Å². The first-order valence-corrected chi connectivity index (χ1v) is 7.61. The van der Waals surface area contributed by atoms with Crippen LogP contribution in [0.4, 0.5) is 0 Å². The Kier molecular flexibility index (Phi) is 6.11. The van der Waals surface area contributed by atoms with Crippen molar-refractivity contribution in [1.82, 2.24) is 10.3 Å².